The molecule has 1 N–H and O–H groups in total. The van der Waals surface area contributed by atoms with Crippen LogP contribution in [-0.4, -0.2) is 16.7 Å². The smallest absolute Gasteiger partial charge is 0.130 e. The van der Waals surface area contributed by atoms with Crippen molar-refractivity contribution in [2.75, 3.05) is 12.4 Å². The van der Waals surface area contributed by atoms with E-state index in [1.165, 1.54) is 6.07 Å². The van der Waals surface area contributed by atoms with Gasteiger partial charge in [0.05, 0.1) is 25.9 Å². The molecular formula is C20H22FN3O. The minimum Gasteiger partial charge on any atom is -0.496 e. The molecule has 2 heterocycles. The van der Waals surface area contributed by atoms with E-state index >= 15 is 0 Å². The van der Waals surface area contributed by atoms with Crippen molar-refractivity contribution < 1.29 is 9.13 Å². The van der Waals surface area contributed by atoms with Crippen LogP contribution in [-0.2, 0) is 13.1 Å². The zero-order chi connectivity index (χ0) is 17.8. The predicted molar refractivity (Wildman–Crippen MR) is 98.4 cm³/mol. The summed E-state index contributed by atoms with van der Waals surface area (Å²) < 4.78 is 21.5. The third-order valence-corrected chi connectivity index (χ3v) is 4.13. The molecule has 0 spiro atoms. The van der Waals surface area contributed by atoms with Crippen molar-refractivity contribution in [2.24, 2.45) is 0 Å². The van der Waals surface area contributed by atoms with E-state index in [1.807, 2.05) is 54.9 Å². The van der Waals surface area contributed by atoms with Gasteiger partial charge in [0.2, 0.25) is 0 Å². The number of halogens is 1. The molecule has 25 heavy (non-hydrogen) atoms. The van der Waals surface area contributed by atoms with Crippen molar-refractivity contribution in [3.05, 3.63) is 65.9 Å². The number of benzene rings is 2. The SMILES string of the molecule is CC.COc1ccccc1-c1cn2c(n1)CNc1cccc(F)c1C2. The molecule has 5 heteroatoms. The maximum Gasteiger partial charge on any atom is 0.130 e. The van der Waals surface area contributed by atoms with Gasteiger partial charge in [-0.1, -0.05) is 32.0 Å². The number of imidazole rings is 1. The average molecular weight is 339 g/mol. The number of rotatable bonds is 2. The van der Waals surface area contributed by atoms with Crippen LogP contribution in [0.25, 0.3) is 11.3 Å². The number of para-hydroxylation sites is 1. The van der Waals surface area contributed by atoms with Crippen molar-refractivity contribution in [2.45, 2.75) is 26.9 Å². The van der Waals surface area contributed by atoms with Gasteiger partial charge in [-0.05, 0) is 24.3 Å². The van der Waals surface area contributed by atoms with Crippen LogP contribution in [0, 0.1) is 5.82 Å². The second-order valence-corrected chi connectivity index (χ2v) is 5.49. The number of nitrogens with zero attached hydrogens (tertiary/aromatic N) is 2. The minimum absolute atomic E-state index is 0.199. The first-order valence-corrected chi connectivity index (χ1v) is 8.47. The van der Waals surface area contributed by atoms with Gasteiger partial charge in [0.15, 0.2) is 0 Å². The van der Waals surface area contributed by atoms with Crippen molar-refractivity contribution in [1.82, 2.24) is 9.55 Å². The summed E-state index contributed by atoms with van der Waals surface area (Å²) in [6.45, 7) is 5.03. The van der Waals surface area contributed by atoms with Gasteiger partial charge in [-0.15, -0.1) is 0 Å². The molecule has 1 aromatic heterocycles. The Hall–Kier alpha value is -2.82. The Morgan fingerprint density at radius 2 is 1.92 bits per heavy atom. The molecule has 3 aromatic rings. The highest BCUT2D eigenvalue weighted by molar-refractivity contribution is 5.67. The van der Waals surface area contributed by atoms with E-state index in [1.54, 1.807) is 13.2 Å². The van der Waals surface area contributed by atoms with E-state index in [4.69, 9.17) is 9.72 Å². The highest BCUT2D eigenvalue weighted by Gasteiger charge is 2.19. The number of methoxy groups -OCH3 is 1. The van der Waals surface area contributed by atoms with Gasteiger partial charge in [-0.25, -0.2) is 9.37 Å². The van der Waals surface area contributed by atoms with Crippen molar-refractivity contribution in [3.8, 4) is 17.0 Å². The molecule has 0 amide bonds. The summed E-state index contributed by atoms with van der Waals surface area (Å²) in [7, 11) is 1.65. The third-order valence-electron chi connectivity index (χ3n) is 4.13. The lowest BCUT2D eigenvalue weighted by Gasteiger charge is -2.08. The second kappa shape index (κ2) is 7.38. The topological polar surface area (TPSA) is 39.1 Å². The number of anilines is 1. The Labute approximate surface area is 147 Å². The minimum atomic E-state index is -0.199. The zero-order valence-corrected chi connectivity index (χ0v) is 14.7. The summed E-state index contributed by atoms with van der Waals surface area (Å²) in [6, 6.07) is 12.9. The van der Waals surface area contributed by atoms with Gasteiger partial charge in [0, 0.05) is 23.0 Å². The number of hydrogen-bond acceptors (Lipinski definition) is 3. The van der Waals surface area contributed by atoms with E-state index in [0.717, 1.165) is 28.5 Å². The summed E-state index contributed by atoms with van der Waals surface area (Å²) in [5.74, 6) is 1.46. The first kappa shape index (κ1) is 17.0. The molecule has 0 atom stereocenters. The predicted octanol–water partition coefficient (Wildman–Crippen LogP) is 4.70. The van der Waals surface area contributed by atoms with Gasteiger partial charge in [0.1, 0.15) is 17.4 Å². The van der Waals surface area contributed by atoms with Crippen LogP contribution in [0.5, 0.6) is 5.75 Å². The molecule has 2 aromatic carbocycles. The number of ether oxygens (including phenoxy) is 1. The highest BCUT2D eigenvalue weighted by atomic mass is 19.1. The standard InChI is InChI=1S/C18H16FN3O.C2H6/c1-23-17-8-3-2-5-12(17)16-11-22-10-13-14(19)6-4-7-15(13)20-9-18(22)21-16;1-2/h2-8,11,20H,9-10H2,1H3;1-2H3. The fourth-order valence-corrected chi connectivity index (χ4v) is 2.95. The normalized spacial score (nSPS) is 12.0. The molecule has 0 saturated carbocycles. The van der Waals surface area contributed by atoms with E-state index in [9.17, 15) is 4.39 Å². The van der Waals surface area contributed by atoms with Crippen LogP contribution in [0.3, 0.4) is 0 Å². The van der Waals surface area contributed by atoms with Crippen LogP contribution in [0.2, 0.25) is 0 Å². The van der Waals surface area contributed by atoms with E-state index in [2.05, 4.69) is 5.32 Å². The van der Waals surface area contributed by atoms with Crippen LogP contribution in [0.15, 0.2) is 48.7 Å². The van der Waals surface area contributed by atoms with Crippen LogP contribution >= 0.6 is 0 Å². The Kier molecular flexibility index (Phi) is 5.03. The number of hydrogen-bond donors (Lipinski definition) is 1. The van der Waals surface area contributed by atoms with Gasteiger partial charge >= 0.3 is 0 Å². The fourth-order valence-electron chi connectivity index (χ4n) is 2.95. The maximum absolute atomic E-state index is 14.1. The van der Waals surface area contributed by atoms with Crippen molar-refractivity contribution in [3.63, 3.8) is 0 Å². The van der Waals surface area contributed by atoms with Crippen molar-refractivity contribution >= 4 is 5.69 Å². The summed E-state index contributed by atoms with van der Waals surface area (Å²) in [4.78, 5) is 4.70. The monoisotopic (exact) mass is 339 g/mol. The molecule has 4 rings (SSSR count). The van der Waals surface area contributed by atoms with Crippen LogP contribution in [0.4, 0.5) is 10.1 Å². The molecule has 0 saturated heterocycles. The van der Waals surface area contributed by atoms with Gasteiger partial charge in [-0.3, -0.25) is 0 Å². The van der Waals surface area contributed by atoms with E-state index in [0.29, 0.717) is 18.7 Å². The van der Waals surface area contributed by atoms with E-state index < -0.39 is 0 Å². The molecule has 4 nitrogen and oxygen atoms in total. The lowest BCUT2D eigenvalue weighted by Crippen LogP contribution is -2.03. The number of aromatic nitrogens is 2. The van der Waals surface area contributed by atoms with E-state index in [-0.39, 0.29) is 5.82 Å². The molecular weight excluding hydrogens is 317 g/mol. The molecule has 0 bridgehead atoms. The van der Waals surface area contributed by atoms with Gasteiger partial charge < -0.3 is 14.6 Å². The largest absolute Gasteiger partial charge is 0.496 e. The number of nitrogens with one attached hydrogen (secondary N) is 1. The fraction of sp³-hybridized carbons (Fsp3) is 0.250. The summed E-state index contributed by atoms with van der Waals surface area (Å²) in [5, 5.41) is 3.26. The average Bonchev–Trinajstić information content (AvgIpc) is 2.98. The van der Waals surface area contributed by atoms with Gasteiger partial charge in [0.25, 0.3) is 0 Å². The molecule has 130 valence electrons. The molecule has 0 radical (unpaired) electrons. The summed E-state index contributed by atoms with van der Waals surface area (Å²) >= 11 is 0. The third kappa shape index (κ3) is 3.22. The van der Waals surface area contributed by atoms with Crippen molar-refractivity contribution in [1.29, 1.82) is 0 Å². The molecule has 0 unspecified atom stereocenters. The Morgan fingerprint density at radius 1 is 1.12 bits per heavy atom. The van der Waals surface area contributed by atoms with Crippen LogP contribution in [0.1, 0.15) is 25.2 Å². The zero-order valence-electron chi connectivity index (χ0n) is 14.7. The summed E-state index contributed by atoms with van der Waals surface area (Å²) in [6.07, 6.45) is 1.95. The molecule has 0 fully saturated rings. The quantitative estimate of drug-likeness (QED) is 0.736. The second-order valence-electron chi connectivity index (χ2n) is 5.49. The summed E-state index contributed by atoms with van der Waals surface area (Å²) in [5.41, 5.74) is 3.26. The Morgan fingerprint density at radius 3 is 2.72 bits per heavy atom. The lowest BCUT2D eigenvalue weighted by atomic mass is 10.1. The molecule has 1 aliphatic rings. The maximum atomic E-state index is 14.1. The van der Waals surface area contributed by atoms with Gasteiger partial charge in [-0.2, -0.15) is 0 Å². The highest BCUT2D eigenvalue weighted by Crippen LogP contribution is 2.31. The Balaban J connectivity index is 0.000000880. The lowest BCUT2D eigenvalue weighted by molar-refractivity contribution is 0.416. The first-order chi connectivity index (χ1) is 12.3. The van der Waals surface area contributed by atoms with Crippen LogP contribution < -0.4 is 10.1 Å². The first-order valence-electron chi connectivity index (χ1n) is 8.47. The Bertz CT molecular complexity index is 873. The molecule has 0 aliphatic carbocycles. The number of fused-ring (bicyclic) bond motifs is 2. The molecule has 1 aliphatic heterocycles.